The van der Waals surface area contributed by atoms with Crippen molar-refractivity contribution >= 4 is 45.6 Å². The molecule has 6 nitrogen and oxygen atoms in total. The van der Waals surface area contributed by atoms with Gasteiger partial charge in [-0.3, -0.25) is 9.59 Å². The summed E-state index contributed by atoms with van der Waals surface area (Å²) in [6, 6.07) is 5.63. The lowest BCUT2D eigenvalue weighted by Gasteiger charge is -2.17. The van der Waals surface area contributed by atoms with Crippen molar-refractivity contribution in [2.45, 2.75) is 46.5 Å². The molecule has 27 heavy (non-hydrogen) atoms. The highest BCUT2D eigenvalue weighted by atomic mass is 35.5. The van der Waals surface area contributed by atoms with Crippen molar-refractivity contribution < 1.29 is 9.59 Å². The number of anilines is 2. The van der Waals surface area contributed by atoms with Gasteiger partial charge in [-0.05, 0) is 30.0 Å². The van der Waals surface area contributed by atoms with Crippen LogP contribution in [0.25, 0.3) is 0 Å². The fraction of sp³-hybridized carbons (Fsp3) is 0.474. The smallest absolute Gasteiger partial charge is 0.227 e. The Morgan fingerprint density at radius 3 is 2.78 bits per heavy atom. The molecule has 0 aliphatic carbocycles. The summed E-state index contributed by atoms with van der Waals surface area (Å²) in [5.41, 5.74) is 1.68. The minimum absolute atomic E-state index is 0.0356. The van der Waals surface area contributed by atoms with Gasteiger partial charge in [0.15, 0.2) is 0 Å². The minimum Gasteiger partial charge on any atom is -0.312 e. The number of amides is 2. The van der Waals surface area contributed by atoms with Gasteiger partial charge in [-0.15, -0.1) is 10.2 Å². The number of hydrogen-bond donors (Lipinski definition) is 1. The van der Waals surface area contributed by atoms with E-state index >= 15 is 0 Å². The highest BCUT2D eigenvalue weighted by molar-refractivity contribution is 7.15. The molecule has 1 aromatic carbocycles. The van der Waals surface area contributed by atoms with Gasteiger partial charge in [0, 0.05) is 36.0 Å². The molecule has 0 bridgehead atoms. The van der Waals surface area contributed by atoms with Crippen LogP contribution in [0.2, 0.25) is 5.02 Å². The molecule has 1 unspecified atom stereocenters. The van der Waals surface area contributed by atoms with Crippen LogP contribution in [0.4, 0.5) is 10.8 Å². The molecule has 8 heteroatoms. The number of hydrogen-bond acceptors (Lipinski definition) is 5. The topological polar surface area (TPSA) is 75.2 Å². The average molecular weight is 407 g/mol. The largest absolute Gasteiger partial charge is 0.312 e. The average Bonchev–Trinajstić information content (AvgIpc) is 3.15. The number of aryl methyl sites for hydroxylation is 1. The number of nitrogens with one attached hydrogen (secondary N) is 1. The number of rotatable bonds is 4. The lowest BCUT2D eigenvalue weighted by Crippen LogP contribution is -2.24. The van der Waals surface area contributed by atoms with Gasteiger partial charge in [0.1, 0.15) is 5.01 Å². The van der Waals surface area contributed by atoms with Crippen molar-refractivity contribution in [3.63, 3.8) is 0 Å². The van der Waals surface area contributed by atoms with Crippen LogP contribution in [0.1, 0.15) is 50.1 Å². The monoisotopic (exact) mass is 406 g/mol. The first-order chi connectivity index (χ1) is 12.6. The molecule has 1 aliphatic rings. The molecule has 1 aromatic heterocycles. The van der Waals surface area contributed by atoms with Crippen LogP contribution in [0.5, 0.6) is 0 Å². The van der Waals surface area contributed by atoms with Gasteiger partial charge < -0.3 is 10.2 Å². The summed E-state index contributed by atoms with van der Waals surface area (Å²) >= 11 is 7.52. The second-order valence-corrected chi connectivity index (χ2v) is 9.49. The number of nitrogens with zero attached hydrogens (tertiary/aromatic N) is 3. The first-order valence-corrected chi connectivity index (χ1v) is 10.0. The number of benzene rings is 1. The predicted molar refractivity (Wildman–Crippen MR) is 109 cm³/mol. The van der Waals surface area contributed by atoms with E-state index in [1.165, 1.54) is 11.3 Å². The summed E-state index contributed by atoms with van der Waals surface area (Å²) in [5.74, 6) is -0.0830. The van der Waals surface area contributed by atoms with Crippen LogP contribution >= 0.6 is 22.9 Å². The molecule has 0 saturated carbocycles. The summed E-state index contributed by atoms with van der Waals surface area (Å²) < 4.78 is 0. The third kappa shape index (κ3) is 4.84. The summed E-state index contributed by atoms with van der Waals surface area (Å²) in [6.45, 7) is 8.48. The summed E-state index contributed by atoms with van der Waals surface area (Å²) in [7, 11) is 0. The summed E-state index contributed by atoms with van der Waals surface area (Å²) in [4.78, 5) is 26.3. The van der Waals surface area contributed by atoms with Crippen LogP contribution in [-0.4, -0.2) is 28.6 Å². The minimum atomic E-state index is -0.0920. The molecular weight excluding hydrogens is 384 g/mol. The van der Waals surface area contributed by atoms with E-state index in [1.54, 1.807) is 4.90 Å². The second kappa shape index (κ2) is 7.56. The van der Waals surface area contributed by atoms with Crippen molar-refractivity contribution in [3.05, 3.63) is 33.8 Å². The van der Waals surface area contributed by atoms with Gasteiger partial charge in [0.25, 0.3) is 0 Å². The normalized spacial score (nSPS) is 17.4. The van der Waals surface area contributed by atoms with Crippen LogP contribution in [-0.2, 0) is 9.59 Å². The zero-order valence-electron chi connectivity index (χ0n) is 15.9. The van der Waals surface area contributed by atoms with E-state index in [1.807, 2.05) is 45.9 Å². The number of carbonyl (C=O) groups is 2. The van der Waals surface area contributed by atoms with Crippen molar-refractivity contribution in [1.29, 1.82) is 0 Å². The standard InChI is InChI=1S/C19H23ClN4O2S/c1-11-5-6-13(8-14(11)20)24-10-12(7-16(24)26)17-22-23-18(27-17)21-15(25)9-19(2,3)4/h5-6,8,12H,7,9-10H2,1-4H3,(H,21,23,25). The molecule has 1 fully saturated rings. The molecule has 2 aromatic rings. The van der Waals surface area contributed by atoms with Gasteiger partial charge in [-0.2, -0.15) is 0 Å². The Hall–Kier alpha value is -1.99. The Bertz CT molecular complexity index is 875. The third-order valence-corrected chi connectivity index (χ3v) is 5.73. The lowest BCUT2D eigenvalue weighted by atomic mass is 9.92. The highest BCUT2D eigenvalue weighted by Gasteiger charge is 2.34. The van der Waals surface area contributed by atoms with Gasteiger partial charge in [0.05, 0.1) is 0 Å². The van der Waals surface area contributed by atoms with E-state index in [0.29, 0.717) is 29.5 Å². The summed E-state index contributed by atoms with van der Waals surface area (Å²) in [6.07, 6.45) is 0.780. The Morgan fingerprint density at radius 1 is 1.37 bits per heavy atom. The van der Waals surface area contributed by atoms with Crippen molar-refractivity contribution in [3.8, 4) is 0 Å². The van der Waals surface area contributed by atoms with Crippen LogP contribution in [0.15, 0.2) is 18.2 Å². The van der Waals surface area contributed by atoms with Crippen molar-refractivity contribution in [2.24, 2.45) is 5.41 Å². The maximum absolute atomic E-state index is 12.5. The molecule has 144 valence electrons. The van der Waals surface area contributed by atoms with Crippen LogP contribution in [0.3, 0.4) is 0 Å². The van der Waals surface area contributed by atoms with E-state index < -0.39 is 0 Å². The molecule has 1 aliphatic heterocycles. The maximum Gasteiger partial charge on any atom is 0.227 e. The van der Waals surface area contributed by atoms with Gasteiger partial charge >= 0.3 is 0 Å². The summed E-state index contributed by atoms with van der Waals surface area (Å²) in [5, 5.41) is 12.9. The first-order valence-electron chi connectivity index (χ1n) is 8.82. The first kappa shape index (κ1) is 19.8. The molecule has 3 rings (SSSR count). The third-order valence-electron chi connectivity index (χ3n) is 4.32. The molecule has 2 heterocycles. The molecule has 2 amide bonds. The molecule has 1 N–H and O–H groups in total. The van der Waals surface area contributed by atoms with Crippen molar-refractivity contribution in [1.82, 2.24) is 10.2 Å². The Morgan fingerprint density at radius 2 is 2.11 bits per heavy atom. The van der Waals surface area contributed by atoms with E-state index in [-0.39, 0.29) is 23.1 Å². The van der Waals surface area contributed by atoms with E-state index in [2.05, 4.69) is 15.5 Å². The Labute approximate surface area is 167 Å². The van der Waals surface area contributed by atoms with Crippen LogP contribution in [0, 0.1) is 12.3 Å². The van der Waals surface area contributed by atoms with Gasteiger partial charge in [-0.1, -0.05) is 49.8 Å². The predicted octanol–water partition coefficient (Wildman–Crippen LogP) is 4.40. The highest BCUT2D eigenvalue weighted by Crippen LogP contribution is 2.35. The quantitative estimate of drug-likeness (QED) is 0.816. The molecule has 0 spiro atoms. The molecule has 1 saturated heterocycles. The zero-order chi connectivity index (χ0) is 19.8. The van der Waals surface area contributed by atoms with Crippen LogP contribution < -0.4 is 10.2 Å². The Balaban J connectivity index is 1.68. The van der Waals surface area contributed by atoms with E-state index in [4.69, 9.17) is 11.6 Å². The number of halogens is 1. The molecule has 0 radical (unpaired) electrons. The molecule has 1 atom stereocenters. The van der Waals surface area contributed by atoms with Gasteiger partial charge in [0.2, 0.25) is 16.9 Å². The van der Waals surface area contributed by atoms with Gasteiger partial charge in [-0.25, -0.2) is 0 Å². The zero-order valence-corrected chi connectivity index (χ0v) is 17.4. The fourth-order valence-corrected chi connectivity index (χ4v) is 3.99. The second-order valence-electron chi connectivity index (χ2n) is 8.07. The lowest BCUT2D eigenvalue weighted by molar-refractivity contribution is -0.118. The van der Waals surface area contributed by atoms with E-state index in [0.717, 1.165) is 16.3 Å². The Kier molecular flexibility index (Phi) is 5.53. The molecular formula is C19H23ClN4O2S. The fourth-order valence-electron chi connectivity index (χ4n) is 2.97. The number of carbonyl (C=O) groups excluding carboxylic acids is 2. The van der Waals surface area contributed by atoms with E-state index in [9.17, 15) is 9.59 Å². The maximum atomic E-state index is 12.5. The number of aromatic nitrogens is 2. The van der Waals surface area contributed by atoms with Crippen molar-refractivity contribution in [2.75, 3.05) is 16.8 Å². The SMILES string of the molecule is Cc1ccc(N2CC(c3nnc(NC(=O)CC(C)(C)C)s3)CC2=O)cc1Cl.